The molecule has 3 heterocycles. The van der Waals surface area contributed by atoms with E-state index in [-0.39, 0.29) is 17.2 Å². The molecule has 2 amide bonds. The number of nitrogens with zero attached hydrogens (tertiary/aromatic N) is 4. The average Bonchev–Trinajstić information content (AvgIpc) is 2.90. The second kappa shape index (κ2) is 6.84. The molecule has 7 nitrogen and oxygen atoms in total. The number of carbonyl (C=O) groups excluding carboxylic acids is 2. The second-order valence-corrected chi connectivity index (χ2v) is 6.65. The molecule has 7 heteroatoms. The minimum atomic E-state index is -0.288. The SMILES string of the molecule is COCCN1CCC2(CCN(C(=O)c3cnc(C)cn3)CC2)C1=O. The summed E-state index contributed by atoms with van der Waals surface area (Å²) in [5.41, 5.74) is 0.872. The van der Waals surface area contributed by atoms with Gasteiger partial charge in [0, 0.05) is 39.5 Å². The maximum atomic E-state index is 12.7. The molecule has 0 unspecified atom stereocenters. The summed E-state index contributed by atoms with van der Waals surface area (Å²) in [5.74, 6) is 0.126. The molecule has 2 aliphatic rings. The summed E-state index contributed by atoms with van der Waals surface area (Å²) in [7, 11) is 1.65. The molecule has 2 aliphatic heterocycles. The van der Waals surface area contributed by atoms with Crippen LogP contribution < -0.4 is 0 Å². The smallest absolute Gasteiger partial charge is 0.274 e. The Bertz CT molecular complexity index is 609. The van der Waals surface area contributed by atoms with Crippen LogP contribution in [0.4, 0.5) is 0 Å². The Morgan fingerprint density at radius 3 is 2.54 bits per heavy atom. The Morgan fingerprint density at radius 2 is 1.92 bits per heavy atom. The molecule has 1 aromatic rings. The predicted molar refractivity (Wildman–Crippen MR) is 87.4 cm³/mol. The summed E-state index contributed by atoms with van der Waals surface area (Å²) >= 11 is 0. The number of hydrogen-bond donors (Lipinski definition) is 0. The standard InChI is InChI=1S/C17H24N4O3/c1-13-11-19-14(12-18-13)15(22)20-6-3-17(4-7-20)5-8-21(16(17)23)9-10-24-2/h11-12H,3-10H2,1-2H3. The minimum absolute atomic E-state index is 0.0981. The van der Waals surface area contributed by atoms with Crippen molar-refractivity contribution in [3.63, 3.8) is 0 Å². The molecule has 0 N–H and O–H groups in total. The van der Waals surface area contributed by atoms with Crippen molar-refractivity contribution < 1.29 is 14.3 Å². The van der Waals surface area contributed by atoms with E-state index < -0.39 is 0 Å². The van der Waals surface area contributed by atoms with Crippen LogP contribution in [-0.4, -0.2) is 71.5 Å². The van der Waals surface area contributed by atoms with Crippen molar-refractivity contribution >= 4 is 11.8 Å². The molecule has 0 aromatic carbocycles. The summed E-state index contributed by atoms with van der Waals surface area (Å²) in [4.78, 5) is 37.2. The topological polar surface area (TPSA) is 75.6 Å². The van der Waals surface area contributed by atoms with Crippen molar-refractivity contribution in [3.8, 4) is 0 Å². The molecule has 24 heavy (non-hydrogen) atoms. The molecule has 0 bridgehead atoms. The van der Waals surface area contributed by atoms with E-state index >= 15 is 0 Å². The van der Waals surface area contributed by atoms with Crippen molar-refractivity contribution in [1.29, 1.82) is 0 Å². The van der Waals surface area contributed by atoms with Crippen LogP contribution >= 0.6 is 0 Å². The largest absolute Gasteiger partial charge is 0.383 e. The predicted octanol–water partition coefficient (Wildman–Crippen LogP) is 0.886. The van der Waals surface area contributed by atoms with E-state index in [1.807, 2.05) is 11.8 Å². The molecule has 2 saturated heterocycles. The Kier molecular flexibility index (Phi) is 4.80. The van der Waals surface area contributed by atoms with Crippen LogP contribution in [0.25, 0.3) is 0 Å². The van der Waals surface area contributed by atoms with E-state index in [4.69, 9.17) is 4.74 Å². The monoisotopic (exact) mass is 332 g/mol. The first-order valence-corrected chi connectivity index (χ1v) is 8.42. The lowest BCUT2D eigenvalue weighted by atomic mass is 9.77. The van der Waals surface area contributed by atoms with Crippen LogP contribution in [-0.2, 0) is 9.53 Å². The second-order valence-electron chi connectivity index (χ2n) is 6.65. The van der Waals surface area contributed by atoms with Crippen LogP contribution in [0.1, 0.15) is 35.4 Å². The molecule has 0 radical (unpaired) electrons. The Hall–Kier alpha value is -2.02. The van der Waals surface area contributed by atoms with E-state index in [1.165, 1.54) is 6.20 Å². The van der Waals surface area contributed by atoms with Gasteiger partial charge in [0.15, 0.2) is 0 Å². The van der Waals surface area contributed by atoms with Gasteiger partial charge in [-0.3, -0.25) is 14.6 Å². The zero-order valence-electron chi connectivity index (χ0n) is 14.3. The third-order valence-corrected chi connectivity index (χ3v) is 5.17. The van der Waals surface area contributed by atoms with Gasteiger partial charge in [-0.25, -0.2) is 4.98 Å². The van der Waals surface area contributed by atoms with E-state index in [2.05, 4.69) is 9.97 Å². The molecule has 130 valence electrons. The summed E-state index contributed by atoms with van der Waals surface area (Å²) in [6, 6.07) is 0. The van der Waals surface area contributed by atoms with Gasteiger partial charge in [-0.1, -0.05) is 0 Å². The molecule has 0 aliphatic carbocycles. The van der Waals surface area contributed by atoms with Crippen molar-refractivity contribution in [2.24, 2.45) is 5.41 Å². The lowest BCUT2D eigenvalue weighted by Gasteiger charge is -2.37. The van der Waals surface area contributed by atoms with Gasteiger partial charge in [-0.05, 0) is 26.2 Å². The van der Waals surface area contributed by atoms with Gasteiger partial charge in [0.2, 0.25) is 5.91 Å². The normalized spacial score (nSPS) is 20.0. The highest BCUT2D eigenvalue weighted by Crippen LogP contribution is 2.41. The minimum Gasteiger partial charge on any atom is -0.383 e. The number of hydrogen-bond acceptors (Lipinski definition) is 5. The van der Waals surface area contributed by atoms with Crippen LogP contribution in [0.3, 0.4) is 0 Å². The quantitative estimate of drug-likeness (QED) is 0.818. The number of carbonyl (C=O) groups is 2. The van der Waals surface area contributed by atoms with Crippen LogP contribution in [0.15, 0.2) is 12.4 Å². The van der Waals surface area contributed by atoms with E-state index in [0.717, 1.165) is 31.5 Å². The molecule has 1 spiro atoms. The highest BCUT2D eigenvalue weighted by molar-refractivity contribution is 5.92. The Labute approximate surface area is 142 Å². The van der Waals surface area contributed by atoms with Crippen LogP contribution in [0, 0.1) is 12.3 Å². The van der Waals surface area contributed by atoms with Crippen molar-refractivity contribution in [1.82, 2.24) is 19.8 Å². The molecular formula is C17H24N4O3. The maximum absolute atomic E-state index is 12.7. The molecule has 3 rings (SSSR count). The van der Waals surface area contributed by atoms with Gasteiger partial charge < -0.3 is 14.5 Å². The highest BCUT2D eigenvalue weighted by atomic mass is 16.5. The number of aryl methyl sites for hydroxylation is 1. The zero-order chi connectivity index (χ0) is 17.2. The summed E-state index contributed by atoms with van der Waals surface area (Å²) < 4.78 is 5.07. The van der Waals surface area contributed by atoms with Crippen molar-refractivity contribution in [2.45, 2.75) is 26.2 Å². The van der Waals surface area contributed by atoms with E-state index in [9.17, 15) is 9.59 Å². The van der Waals surface area contributed by atoms with Gasteiger partial charge in [0.1, 0.15) is 5.69 Å². The molecule has 0 atom stereocenters. The van der Waals surface area contributed by atoms with E-state index in [1.54, 1.807) is 18.2 Å². The first-order valence-electron chi connectivity index (χ1n) is 8.42. The average molecular weight is 332 g/mol. The van der Waals surface area contributed by atoms with Gasteiger partial charge in [-0.2, -0.15) is 0 Å². The molecular weight excluding hydrogens is 308 g/mol. The number of amides is 2. The lowest BCUT2D eigenvalue weighted by molar-refractivity contribution is -0.138. The first-order chi connectivity index (χ1) is 11.6. The maximum Gasteiger partial charge on any atom is 0.274 e. The zero-order valence-corrected chi connectivity index (χ0v) is 14.3. The number of methoxy groups -OCH3 is 1. The number of ether oxygens (including phenoxy) is 1. The van der Waals surface area contributed by atoms with Gasteiger partial charge >= 0.3 is 0 Å². The number of aromatic nitrogens is 2. The number of likely N-dealkylation sites (tertiary alicyclic amines) is 2. The first kappa shape index (κ1) is 16.8. The summed E-state index contributed by atoms with van der Waals surface area (Å²) in [5, 5.41) is 0. The molecule has 0 saturated carbocycles. The number of rotatable bonds is 4. The van der Waals surface area contributed by atoms with Crippen molar-refractivity contribution in [2.75, 3.05) is 39.9 Å². The highest BCUT2D eigenvalue weighted by Gasteiger charge is 2.48. The van der Waals surface area contributed by atoms with Crippen molar-refractivity contribution in [3.05, 3.63) is 23.8 Å². The molecule has 2 fully saturated rings. The van der Waals surface area contributed by atoms with Crippen LogP contribution in [0.5, 0.6) is 0 Å². The molecule has 1 aromatic heterocycles. The Balaban J connectivity index is 1.60. The van der Waals surface area contributed by atoms with Gasteiger partial charge in [-0.15, -0.1) is 0 Å². The summed E-state index contributed by atoms with van der Waals surface area (Å²) in [6.45, 7) is 5.04. The van der Waals surface area contributed by atoms with Gasteiger partial charge in [0.25, 0.3) is 5.91 Å². The third-order valence-electron chi connectivity index (χ3n) is 5.17. The van der Waals surface area contributed by atoms with E-state index in [0.29, 0.717) is 31.9 Å². The summed E-state index contributed by atoms with van der Waals surface area (Å²) in [6.07, 6.45) is 5.45. The fraction of sp³-hybridized carbons (Fsp3) is 0.647. The van der Waals surface area contributed by atoms with Crippen LogP contribution in [0.2, 0.25) is 0 Å². The number of piperidine rings is 1. The fourth-order valence-corrected chi connectivity index (χ4v) is 3.57. The van der Waals surface area contributed by atoms with Gasteiger partial charge in [0.05, 0.1) is 23.9 Å². The lowest BCUT2D eigenvalue weighted by Crippen LogP contribution is -2.47. The third kappa shape index (κ3) is 3.13. The fourth-order valence-electron chi connectivity index (χ4n) is 3.57. The Morgan fingerprint density at radius 1 is 1.21 bits per heavy atom.